The first-order valence-corrected chi connectivity index (χ1v) is 10.1. The number of aromatic nitrogens is 1. The molecule has 0 N–H and O–H groups in total. The van der Waals surface area contributed by atoms with Crippen LogP contribution < -0.4 is 24.8 Å². The number of hydrogen-bond acceptors (Lipinski definition) is 0. The fourth-order valence-electron chi connectivity index (χ4n) is 3.99. The van der Waals surface area contributed by atoms with Gasteiger partial charge in [-0.3, -0.25) is 0 Å². The van der Waals surface area contributed by atoms with Gasteiger partial charge in [-0.15, -0.1) is 41.1 Å². The molecule has 0 radical (unpaired) electrons. The first-order chi connectivity index (χ1) is 13.7. The van der Waals surface area contributed by atoms with Crippen LogP contribution in [-0.4, -0.2) is 4.57 Å². The molecule has 0 aliphatic heterocycles. The third-order valence-corrected chi connectivity index (χ3v) is 5.56. The molecule has 5 rings (SSSR count). The molecule has 0 atom stereocenters. The predicted molar refractivity (Wildman–Crippen MR) is 122 cm³/mol. The summed E-state index contributed by atoms with van der Waals surface area (Å²) in [5, 5.41) is 3.95. The third kappa shape index (κ3) is 5.81. The van der Waals surface area contributed by atoms with E-state index in [2.05, 4.69) is 110 Å². The summed E-state index contributed by atoms with van der Waals surface area (Å²) in [7, 11) is 0. The maximum absolute atomic E-state index is 2.37. The van der Waals surface area contributed by atoms with Crippen molar-refractivity contribution in [1.29, 1.82) is 0 Å². The minimum atomic E-state index is 0. The van der Waals surface area contributed by atoms with Crippen molar-refractivity contribution >= 4 is 21.7 Å². The molecule has 0 amide bonds. The molecular weight excluding hydrogens is 500 g/mol. The second-order valence-electron chi connectivity index (χ2n) is 7.45. The number of fused-ring (bicyclic) bond motifs is 2. The number of hydrogen-bond donors (Lipinski definition) is 0. The van der Waals surface area contributed by atoms with Gasteiger partial charge in [0.2, 0.25) is 0 Å². The van der Waals surface area contributed by atoms with E-state index in [0.717, 1.165) is 0 Å². The molecule has 0 fully saturated rings. The third-order valence-electron chi connectivity index (χ3n) is 5.56. The summed E-state index contributed by atoms with van der Waals surface area (Å²) in [6.45, 7) is 6.61. The van der Waals surface area contributed by atoms with Gasteiger partial charge >= 0.3 is 26.2 Å². The van der Waals surface area contributed by atoms with Gasteiger partial charge in [-0.2, -0.15) is 17.7 Å². The van der Waals surface area contributed by atoms with E-state index >= 15 is 0 Å². The van der Waals surface area contributed by atoms with E-state index in [9.17, 15) is 0 Å². The Bertz CT molecular complexity index is 1170. The SMILES string of the molecule is CCC[c-]1cccc1.Cc1c(C)n(-c2cc3ccccc3[cH-]2)c2ccccc12.[Cl-].[Cl-].[Zr+4]. The van der Waals surface area contributed by atoms with Crippen LogP contribution in [0.2, 0.25) is 0 Å². The van der Waals surface area contributed by atoms with Gasteiger partial charge in [-0.1, -0.05) is 44.0 Å². The average molecular weight is 528 g/mol. The molecule has 0 unspecified atom stereocenters. The van der Waals surface area contributed by atoms with Crippen LogP contribution in [0.1, 0.15) is 30.2 Å². The van der Waals surface area contributed by atoms with Gasteiger partial charge in [0.05, 0.1) is 5.52 Å². The number of aryl methyl sites for hydroxylation is 2. The maximum Gasteiger partial charge on any atom is 4.00 e. The van der Waals surface area contributed by atoms with E-state index in [1.54, 1.807) is 0 Å². The molecule has 5 aromatic rings. The molecule has 1 nitrogen and oxygen atoms in total. The molecule has 158 valence electrons. The Labute approximate surface area is 217 Å². The summed E-state index contributed by atoms with van der Waals surface area (Å²) in [6, 6.07) is 30.2. The van der Waals surface area contributed by atoms with E-state index in [-0.39, 0.29) is 51.0 Å². The Kier molecular flexibility index (Phi) is 11.0. The zero-order chi connectivity index (χ0) is 19.5. The number of para-hydroxylation sites is 1. The van der Waals surface area contributed by atoms with E-state index in [0.29, 0.717) is 0 Å². The average Bonchev–Trinajstić information content (AvgIpc) is 3.42. The van der Waals surface area contributed by atoms with Crippen molar-refractivity contribution in [2.45, 2.75) is 33.6 Å². The molecule has 1 aromatic heterocycles. The summed E-state index contributed by atoms with van der Waals surface area (Å²) in [5.74, 6) is 0. The number of halogens is 2. The van der Waals surface area contributed by atoms with Crippen LogP contribution in [-0.2, 0) is 32.6 Å². The van der Waals surface area contributed by atoms with E-state index in [1.807, 2.05) is 0 Å². The number of benzene rings is 2. The van der Waals surface area contributed by atoms with Crippen LogP contribution in [0.5, 0.6) is 0 Å². The maximum atomic E-state index is 2.37. The Morgan fingerprint density at radius 1 is 0.871 bits per heavy atom. The Balaban J connectivity index is 0.000000378. The summed E-state index contributed by atoms with van der Waals surface area (Å²) >= 11 is 0. The Hall–Kier alpha value is -1.60. The van der Waals surface area contributed by atoms with Crippen LogP contribution in [0, 0.1) is 13.8 Å². The quantitative estimate of drug-likeness (QED) is 0.314. The zero-order valence-electron chi connectivity index (χ0n) is 18.2. The van der Waals surface area contributed by atoms with Crippen LogP contribution >= 0.6 is 0 Å². The van der Waals surface area contributed by atoms with Crippen molar-refractivity contribution < 1.29 is 51.0 Å². The topological polar surface area (TPSA) is 4.93 Å². The van der Waals surface area contributed by atoms with E-state index in [4.69, 9.17) is 0 Å². The fraction of sp³-hybridized carbons (Fsp3) is 0.185. The zero-order valence-corrected chi connectivity index (χ0v) is 22.2. The molecule has 0 aliphatic carbocycles. The van der Waals surface area contributed by atoms with Gasteiger partial charge in [0, 0.05) is 11.1 Å². The van der Waals surface area contributed by atoms with Crippen molar-refractivity contribution in [1.82, 2.24) is 4.57 Å². The smallest absolute Gasteiger partial charge is 1.00 e. The van der Waals surface area contributed by atoms with Crippen molar-refractivity contribution in [3.05, 3.63) is 102 Å². The monoisotopic (exact) mass is 525 g/mol. The fourth-order valence-corrected chi connectivity index (χ4v) is 3.99. The van der Waals surface area contributed by atoms with Crippen LogP contribution in [0.15, 0.2) is 84.9 Å². The molecular formula is C27H27Cl2NZr. The number of nitrogens with zero attached hydrogens (tertiary/aromatic N) is 1. The molecule has 4 aromatic carbocycles. The van der Waals surface area contributed by atoms with Gasteiger partial charge < -0.3 is 29.4 Å². The van der Waals surface area contributed by atoms with Crippen LogP contribution in [0.4, 0.5) is 0 Å². The van der Waals surface area contributed by atoms with E-state index < -0.39 is 0 Å². The standard InChI is InChI=1S/C19H16N.C8H11.2ClH.Zr/c1-13-14(2)20(19-10-6-5-9-18(13)19)17-11-15-7-3-4-8-16(15)12-17;1-2-5-8-6-3-4-7-8;;;/h3-12H,1-2H3;3-4,6-7H,2,5H2,1H3;2*1H;/q2*-1;;;+4/p-2. The van der Waals surface area contributed by atoms with Gasteiger partial charge in [0.25, 0.3) is 0 Å². The van der Waals surface area contributed by atoms with Gasteiger partial charge in [-0.25, -0.2) is 12.1 Å². The molecule has 0 spiro atoms. The van der Waals surface area contributed by atoms with Crippen LogP contribution in [0.25, 0.3) is 27.4 Å². The second-order valence-corrected chi connectivity index (χ2v) is 7.45. The van der Waals surface area contributed by atoms with Crippen molar-refractivity contribution in [2.75, 3.05) is 0 Å². The first-order valence-electron chi connectivity index (χ1n) is 10.1. The summed E-state index contributed by atoms with van der Waals surface area (Å²) < 4.78 is 2.37. The summed E-state index contributed by atoms with van der Waals surface area (Å²) in [5.41, 5.74) is 6.70. The largest absolute Gasteiger partial charge is 4.00 e. The Morgan fingerprint density at radius 3 is 2.19 bits per heavy atom. The van der Waals surface area contributed by atoms with Gasteiger partial charge in [0.15, 0.2) is 0 Å². The van der Waals surface area contributed by atoms with Crippen LogP contribution in [0.3, 0.4) is 0 Å². The summed E-state index contributed by atoms with van der Waals surface area (Å²) in [4.78, 5) is 0. The molecule has 0 saturated carbocycles. The van der Waals surface area contributed by atoms with Gasteiger partial charge in [-0.05, 0) is 31.2 Å². The minimum absolute atomic E-state index is 0. The predicted octanol–water partition coefficient (Wildman–Crippen LogP) is 1.48. The number of rotatable bonds is 3. The second kappa shape index (κ2) is 12.4. The molecule has 0 aliphatic rings. The first kappa shape index (κ1) is 27.4. The summed E-state index contributed by atoms with van der Waals surface area (Å²) in [6.07, 6.45) is 2.48. The van der Waals surface area contributed by atoms with E-state index in [1.165, 1.54) is 57.0 Å². The normalized spacial score (nSPS) is 9.90. The molecule has 4 heteroatoms. The minimum Gasteiger partial charge on any atom is -1.00 e. The van der Waals surface area contributed by atoms with Crippen molar-refractivity contribution in [3.63, 3.8) is 0 Å². The van der Waals surface area contributed by atoms with Gasteiger partial charge in [0.1, 0.15) is 0 Å². The van der Waals surface area contributed by atoms with Crippen molar-refractivity contribution in [3.8, 4) is 5.69 Å². The van der Waals surface area contributed by atoms with Crippen molar-refractivity contribution in [2.24, 2.45) is 0 Å². The molecule has 0 bridgehead atoms. The Morgan fingerprint density at radius 2 is 1.52 bits per heavy atom. The molecule has 0 saturated heterocycles. The molecule has 31 heavy (non-hydrogen) atoms. The molecule has 1 heterocycles.